The second kappa shape index (κ2) is 9.03. The molecule has 0 aliphatic carbocycles. The number of thioether (sulfide) groups is 1. The lowest BCUT2D eigenvalue weighted by Gasteiger charge is -2.49. The highest BCUT2D eigenvalue weighted by molar-refractivity contribution is 8.00. The molecular weight excluding hydrogens is 496 g/mol. The summed E-state index contributed by atoms with van der Waals surface area (Å²) in [5, 5.41) is 18.4. The van der Waals surface area contributed by atoms with Gasteiger partial charge in [-0.3, -0.25) is 14.5 Å². The molecule has 5 rings (SSSR count). The zero-order valence-corrected chi connectivity index (χ0v) is 19.8. The number of hydrogen-bond acceptors (Lipinski definition) is 10. The number of pyridine rings is 1. The lowest BCUT2D eigenvalue weighted by Crippen LogP contribution is -2.71. The van der Waals surface area contributed by atoms with Gasteiger partial charge in [0.05, 0.1) is 11.6 Å². The molecule has 2 amide bonds. The van der Waals surface area contributed by atoms with Crippen LogP contribution in [0, 0.1) is 0 Å². The van der Waals surface area contributed by atoms with Crippen molar-refractivity contribution in [1.82, 2.24) is 15.2 Å². The number of anilines is 1. The van der Waals surface area contributed by atoms with Crippen molar-refractivity contribution in [2.45, 2.75) is 18.0 Å². The van der Waals surface area contributed by atoms with Crippen LogP contribution >= 0.6 is 23.1 Å². The van der Waals surface area contributed by atoms with Crippen molar-refractivity contribution >= 4 is 62.8 Å². The van der Waals surface area contributed by atoms with Gasteiger partial charge in [-0.2, -0.15) is 4.57 Å². The van der Waals surface area contributed by atoms with Crippen LogP contribution in [0.1, 0.15) is 5.69 Å². The first-order chi connectivity index (χ1) is 16.9. The highest BCUT2D eigenvalue weighted by Crippen LogP contribution is 2.40. The number of aromatic nitrogens is 2. The summed E-state index contributed by atoms with van der Waals surface area (Å²) in [6.45, 7) is 0.239. The number of nitrogen functional groups attached to an aromatic ring is 1. The van der Waals surface area contributed by atoms with Crippen LogP contribution in [0.15, 0.2) is 56.9 Å². The number of carboxylic acids is 1. The van der Waals surface area contributed by atoms with Crippen molar-refractivity contribution in [2.24, 2.45) is 5.16 Å². The molecule has 2 aliphatic heterocycles. The van der Waals surface area contributed by atoms with Crippen LogP contribution in [0.3, 0.4) is 0 Å². The monoisotopic (exact) mass is 515 g/mol. The summed E-state index contributed by atoms with van der Waals surface area (Å²) >= 11 is 2.50. The molecule has 1 fully saturated rings. The van der Waals surface area contributed by atoms with E-state index in [0.29, 0.717) is 17.0 Å². The molecule has 0 spiro atoms. The molecule has 0 aromatic carbocycles. The van der Waals surface area contributed by atoms with Gasteiger partial charge in [0.15, 0.2) is 23.6 Å². The Bertz CT molecular complexity index is 1410. The minimum absolute atomic E-state index is 0.0848. The maximum Gasteiger partial charge on any atom is 0.380 e. The first-order valence-electron chi connectivity index (χ1n) is 10.3. The predicted molar refractivity (Wildman–Crippen MR) is 126 cm³/mol. The summed E-state index contributed by atoms with van der Waals surface area (Å²) in [5.41, 5.74) is 6.80. The largest absolute Gasteiger partial charge is 0.477 e. The third kappa shape index (κ3) is 4.00. The molecule has 0 radical (unpaired) electrons. The lowest BCUT2D eigenvalue weighted by molar-refractivity contribution is -0.669. The highest BCUT2D eigenvalue weighted by Gasteiger charge is 2.55. The fourth-order valence-electron chi connectivity index (χ4n) is 4.03. The van der Waals surface area contributed by atoms with Crippen LogP contribution in [0.5, 0.6) is 0 Å². The Labute approximate surface area is 206 Å². The SMILES string of the molecule is CON=C(C(=O)NC1C(=O)N2C(C(=O)O)=C(C[n+]3cccc4ccoc43)CS[C@@H]12)c1csc(N)n1. The molecule has 0 bridgehead atoms. The van der Waals surface area contributed by atoms with E-state index < -0.39 is 29.2 Å². The smallest absolute Gasteiger partial charge is 0.380 e. The molecule has 0 saturated carbocycles. The molecule has 35 heavy (non-hydrogen) atoms. The fourth-order valence-corrected chi connectivity index (χ4v) is 5.91. The van der Waals surface area contributed by atoms with E-state index in [2.05, 4.69) is 15.5 Å². The minimum Gasteiger partial charge on any atom is -0.477 e. The van der Waals surface area contributed by atoms with Crippen LogP contribution < -0.4 is 15.6 Å². The van der Waals surface area contributed by atoms with Gasteiger partial charge in [-0.25, -0.2) is 9.78 Å². The van der Waals surface area contributed by atoms with Gasteiger partial charge in [0.2, 0.25) is 0 Å². The zero-order chi connectivity index (χ0) is 24.7. The van der Waals surface area contributed by atoms with Gasteiger partial charge < -0.3 is 25.4 Å². The molecule has 4 N–H and O–H groups in total. The number of carbonyl (C=O) groups is 3. The van der Waals surface area contributed by atoms with Gasteiger partial charge in [0, 0.05) is 22.8 Å². The standard InChI is InChI=1S/C21H18N6O6S2/c1-32-25-13(12-9-35-21(22)23-12)16(28)24-14-17(29)27-15(20(30)31)11(8-34-19(14)27)7-26-5-2-3-10-4-6-33-18(10)26/h2-6,9,14,19H,7-8H2,1H3,(H3-,22,23,24,28,30,31)/p+1/t14?,19-/m0/s1. The van der Waals surface area contributed by atoms with Crippen molar-refractivity contribution in [1.29, 1.82) is 0 Å². The van der Waals surface area contributed by atoms with Gasteiger partial charge in [-0.15, -0.1) is 23.1 Å². The number of oxime groups is 1. The number of aliphatic carboxylic acids is 1. The van der Waals surface area contributed by atoms with E-state index in [1.54, 1.807) is 22.4 Å². The Morgan fingerprint density at radius 2 is 2.29 bits per heavy atom. The van der Waals surface area contributed by atoms with E-state index in [1.165, 1.54) is 23.8 Å². The van der Waals surface area contributed by atoms with Gasteiger partial charge in [0.25, 0.3) is 11.8 Å². The number of amides is 2. The van der Waals surface area contributed by atoms with Crippen LogP contribution in [0.4, 0.5) is 5.13 Å². The summed E-state index contributed by atoms with van der Waals surface area (Å²) in [6, 6.07) is 4.62. The van der Waals surface area contributed by atoms with Crippen molar-refractivity contribution in [3.63, 3.8) is 0 Å². The van der Waals surface area contributed by atoms with Crippen LogP contribution in [0.2, 0.25) is 0 Å². The van der Waals surface area contributed by atoms with Crippen molar-refractivity contribution < 1.29 is 33.3 Å². The molecule has 1 unspecified atom stereocenters. The molecule has 1 saturated heterocycles. The van der Waals surface area contributed by atoms with E-state index in [4.69, 9.17) is 15.0 Å². The number of hydrogen-bond donors (Lipinski definition) is 3. The van der Waals surface area contributed by atoms with Crippen molar-refractivity contribution in [3.8, 4) is 0 Å². The molecule has 12 nitrogen and oxygen atoms in total. The average molecular weight is 516 g/mol. The summed E-state index contributed by atoms with van der Waals surface area (Å²) < 4.78 is 7.33. The van der Waals surface area contributed by atoms with Gasteiger partial charge in [0.1, 0.15) is 29.9 Å². The van der Waals surface area contributed by atoms with E-state index in [9.17, 15) is 19.5 Å². The van der Waals surface area contributed by atoms with Gasteiger partial charge in [-0.1, -0.05) is 5.16 Å². The van der Waals surface area contributed by atoms with Gasteiger partial charge >= 0.3 is 11.7 Å². The molecule has 2 aliphatic rings. The predicted octanol–water partition coefficient (Wildman–Crippen LogP) is 0.548. The van der Waals surface area contributed by atoms with Crippen LogP contribution in [-0.4, -0.2) is 62.8 Å². The summed E-state index contributed by atoms with van der Waals surface area (Å²) in [4.78, 5) is 48.1. The number of fused-ring (bicyclic) bond motifs is 2. The maximum atomic E-state index is 13.0. The number of furan rings is 1. The Morgan fingerprint density at radius 1 is 1.46 bits per heavy atom. The molecule has 3 aromatic rings. The number of β-lactam (4-membered cyclic amide) rings is 1. The van der Waals surface area contributed by atoms with E-state index in [0.717, 1.165) is 16.7 Å². The molecule has 14 heteroatoms. The Morgan fingerprint density at radius 3 is 3.00 bits per heavy atom. The highest BCUT2D eigenvalue weighted by atomic mass is 32.2. The fraction of sp³-hybridized carbons (Fsp3) is 0.238. The number of nitrogens with zero attached hydrogens (tertiary/aromatic N) is 4. The van der Waals surface area contributed by atoms with Crippen molar-refractivity contribution in [2.75, 3.05) is 18.6 Å². The summed E-state index contributed by atoms with van der Waals surface area (Å²) in [6.07, 6.45) is 3.35. The number of nitrogens with two attached hydrogens (primary N) is 1. The Balaban J connectivity index is 1.38. The number of carbonyl (C=O) groups excluding carboxylic acids is 2. The zero-order valence-electron chi connectivity index (χ0n) is 18.2. The average Bonchev–Trinajstić information content (AvgIpc) is 3.49. The number of thiazole rings is 1. The van der Waals surface area contributed by atoms with Crippen molar-refractivity contribution in [3.05, 3.63) is 53.0 Å². The van der Waals surface area contributed by atoms with E-state index >= 15 is 0 Å². The molecular formula is C21H19N6O6S2+. The number of rotatable bonds is 7. The second-order valence-corrected chi connectivity index (χ2v) is 9.62. The normalized spacial score (nSPS) is 20.0. The molecule has 2 atom stereocenters. The second-order valence-electron chi connectivity index (χ2n) is 7.63. The number of nitrogens with one attached hydrogen (secondary N) is 1. The topological polar surface area (TPSA) is 164 Å². The Hall–Kier alpha value is -3.91. The minimum atomic E-state index is -1.21. The van der Waals surface area contributed by atoms with Crippen LogP contribution in [0.25, 0.3) is 11.1 Å². The first kappa shape index (κ1) is 22.9. The van der Waals surface area contributed by atoms with Crippen LogP contribution in [-0.2, 0) is 25.8 Å². The third-order valence-corrected chi connectivity index (χ3v) is 7.55. The lowest BCUT2D eigenvalue weighted by atomic mass is 10.0. The molecule has 3 aromatic heterocycles. The van der Waals surface area contributed by atoms with E-state index in [1.807, 2.05) is 18.2 Å². The molecule has 180 valence electrons. The number of carboxylic acid groups (broad SMARTS) is 1. The third-order valence-electron chi connectivity index (χ3n) is 5.54. The Kier molecular flexibility index (Phi) is 5.90. The molecule has 5 heterocycles. The van der Waals surface area contributed by atoms with E-state index in [-0.39, 0.29) is 28.8 Å². The van der Waals surface area contributed by atoms with Gasteiger partial charge in [-0.05, 0) is 12.1 Å². The summed E-state index contributed by atoms with van der Waals surface area (Å²) in [7, 11) is 1.28. The first-order valence-corrected chi connectivity index (χ1v) is 12.2. The maximum absolute atomic E-state index is 13.0. The summed E-state index contributed by atoms with van der Waals surface area (Å²) in [5.74, 6) is -2.06. The quantitative estimate of drug-likeness (QED) is 0.176.